The maximum Gasteiger partial charge on any atom is 0.264 e. The highest BCUT2D eigenvalue weighted by Gasteiger charge is 2.32. The van der Waals surface area contributed by atoms with Crippen molar-refractivity contribution < 1.29 is 22.5 Å². The number of nitrogens with two attached hydrogens (primary N) is 2. The van der Waals surface area contributed by atoms with Gasteiger partial charge >= 0.3 is 0 Å². The Labute approximate surface area is 183 Å². The van der Waals surface area contributed by atoms with Gasteiger partial charge in [-0.25, -0.2) is 4.99 Å². The predicted molar refractivity (Wildman–Crippen MR) is 122 cm³/mol. The zero-order valence-corrected chi connectivity index (χ0v) is 19.4. The van der Waals surface area contributed by atoms with Gasteiger partial charge in [-0.2, -0.15) is 13.4 Å². The first-order valence-electron chi connectivity index (χ1n) is 9.80. The maximum absolute atomic E-state index is 12.0. The van der Waals surface area contributed by atoms with Gasteiger partial charge in [0.15, 0.2) is 6.61 Å². The van der Waals surface area contributed by atoms with Crippen molar-refractivity contribution in [1.82, 2.24) is 4.90 Å². The molecule has 0 spiro atoms. The molecule has 1 aromatic carbocycles. The van der Waals surface area contributed by atoms with E-state index in [1.807, 2.05) is 39.8 Å². The molecule has 12 heteroatoms. The highest BCUT2D eigenvalue weighted by Crippen LogP contribution is 2.28. The topological polar surface area (TPSA) is 164 Å². The number of ether oxygens (including phenoxy) is 1. The second-order valence-electron chi connectivity index (χ2n) is 6.99. The molecule has 31 heavy (non-hydrogen) atoms. The first kappa shape index (κ1) is 26.2. The van der Waals surface area contributed by atoms with Crippen LogP contribution in [0.25, 0.3) is 0 Å². The number of aliphatic imine (C=N–C) groups is 2. The van der Waals surface area contributed by atoms with Crippen LogP contribution in [0.1, 0.15) is 34.6 Å². The number of amides is 1. The summed E-state index contributed by atoms with van der Waals surface area (Å²) < 4.78 is 32.5. The van der Waals surface area contributed by atoms with Crippen molar-refractivity contribution in [2.75, 3.05) is 30.3 Å². The second kappa shape index (κ2) is 11.0. The molecule has 2 rings (SSSR count). The molecule has 0 radical (unpaired) electrons. The summed E-state index contributed by atoms with van der Waals surface area (Å²) in [4.78, 5) is 23.8. The molecule has 0 aromatic heterocycles. The summed E-state index contributed by atoms with van der Waals surface area (Å²) in [6.45, 7) is 10.4. The molecule has 174 valence electrons. The number of nitrogens with zero attached hydrogens (tertiary/aromatic N) is 4. The van der Waals surface area contributed by atoms with Crippen molar-refractivity contribution >= 4 is 33.6 Å². The summed E-state index contributed by atoms with van der Waals surface area (Å²) in [7, 11) is -3.66. The summed E-state index contributed by atoms with van der Waals surface area (Å²) in [6.07, 6.45) is 0. The largest absolute Gasteiger partial charge is 0.484 e. The Morgan fingerprint density at radius 2 is 1.68 bits per heavy atom. The van der Waals surface area contributed by atoms with Crippen molar-refractivity contribution in [2.24, 2.45) is 21.5 Å². The molecule has 0 saturated heterocycles. The molecular weight excluding hydrogens is 424 g/mol. The van der Waals surface area contributed by atoms with Gasteiger partial charge in [0.2, 0.25) is 11.9 Å². The molecule has 11 nitrogen and oxygen atoms in total. The molecule has 0 atom stereocenters. The average molecular weight is 457 g/mol. The summed E-state index contributed by atoms with van der Waals surface area (Å²) in [5, 5.41) is 0. The Hall–Kier alpha value is -2.86. The van der Waals surface area contributed by atoms with Crippen molar-refractivity contribution in [3.05, 3.63) is 24.3 Å². The quantitative estimate of drug-likeness (QED) is 0.512. The zero-order valence-electron chi connectivity index (χ0n) is 18.6. The van der Waals surface area contributed by atoms with E-state index in [9.17, 15) is 13.2 Å². The van der Waals surface area contributed by atoms with Gasteiger partial charge in [0, 0.05) is 18.8 Å². The van der Waals surface area contributed by atoms with Gasteiger partial charge in [-0.15, -0.1) is 0 Å². The van der Waals surface area contributed by atoms with Crippen LogP contribution in [-0.2, 0) is 14.9 Å². The molecule has 0 fully saturated rings. The van der Waals surface area contributed by atoms with Crippen LogP contribution >= 0.6 is 0 Å². The Kier molecular flexibility index (Phi) is 9.25. The van der Waals surface area contributed by atoms with E-state index < -0.39 is 15.8 Å². The second-order valence-corrected chi connectivity index (χ2v) is 8.73. The smallest absolute Gasteiger partial charge is 0.264 e. The highest BCUT2D eigenvalue weighted by atomic mass is 32.2. The lowest BCUT2D eigenvalue weighted by molar-refractivity contribution is -0.132. The van der Waals surface area contributed by atoms with Crippen LogP contribution in [-0.4, -0.2) is 66.8 Å². The normalized spacial score (nSPS) is 15.2. The lowest BCUT2D eigenvalue weighted by atomic mass is 10.1. The van der Waals surface area contributed by atoms with Crippen LogP contribution in [0.3, 0.4) is 0 Å². The number of carbonyl (C=O) groups excluding carboxylic acids is 1. The van der Waals surface area contributed by atoms with Gasteiger partial charge < -0.3 is 21.1 Å². The van der Waals surface area contributed by atoms with Gasteiger partial charge in [0.05, 0.1) is 5.75 Å². The highest BCUT2D eigenvalue weighted by molar-refractivity contribution is 7.85. The molecule has 0 saturated carbocycles. The molecule has 1 amide bonds. The fourth-order valence-electron chi connectivity index (χ4n) is 2.76. The minimum Gasteiger partial charge on any atom is -0.484 e. The summed E-state index contributed by atoms with van der Waals surface area (Å²) in [5.41, 5.74) is 11.9. The van der Waals surface area contributed by atoms with E-state index in [1.54, 1.807) is 21.9 Å². The lowest BCUT2D eigenvalue weighted by Gasteiger charge is -2.38. The molecule has 1 aromatic rings. The molecule has 5 N–H and O–H groups in total. The van der Waals surface area contributed by atoms with Gasteiger partial charge in [-0.3, -0.25) is 14.2 Å². The van der Waals surface area contributed by atoms with Crippen LogP contribution in [0.4, 0.5) is 5.69 Å². The molecular formula is C19H32N6O5S. The summed E-state index contributed by atoms with van der Waals surface area (Å²) in [6, 6.07) is 7.27. The predicted octanol–water partition coefficient (Wildman–Crippen LogP) is 1.01. The third kappa shape index (κ3) is 8.06. The standard InChI is InChI=1S/C17H26N6O2.C2H6O3S/c1-5-22(6-2)14(24)11-25-13-9-7-12(8-10-13)23-16(19)20-15(18)21-17(23,3)4;1-2-6(3,4)5/h7-10H,5-6,11H2,1-4H3,(H4,18,19,20,21);2H2,1H3,(H,3,4,5). The van der Waals surface area contributed by atoms with Crippen LogP contribution < -0.4 is 21.1 Å². The Bertz CT molecular complexity index is 908. The third-order valence-corrected chi connectivity index (χ3v) is 5.06. The Morgan fingerprint density at radius 1 is 1.16 bits per heavy atom. The van der Waals surface area contributed by atoms with Crippen LogP contribution in [0.5, 0.6) is 5.75 Å². The van der Waals surface area contributed by atoms with Gasteiger partial charge in [-0.05, 0) is 58.9 Å². The number of guanidine groups is 2. The monoisotopic (exact) mass is 456 g/mol. The zero-order chi connectivity index (χ0) is 23.8. The first-order valence-corrected chi connectivity index (χ1v) is 11.4. The molecule has 0 bridgehead atoms. The van der Waals surface area contributed by atoms with E-state index >= 15 is 0 Å². The summed E-state index contributed by atoms with van der Waals surface area (Å²) in [5.74, 6) is 0.814. The van der Waals surface area contributed by atoms with E-state index in [0.717, 1.165) is 5.69 Å². The number of hydrogen-bond donors (Lipinski definition) is 3. The fourth-order valence-corrected chi connectivity index (χ4v) is 2.76. The van der Waals surface area contributed by atoms with Crippen molar-refractivity contribution in [3.63, 3.8) is 0 Å². The van der Waals surface area contributed by atoms with Gasteiger partial charge in [-0.1, -0.05) is 0 Å². The average Bonchev–Trinajstić information content (AvgIpc) is 2.66. The van der Waals surface area contributed by atoms with E-state index in [-0.39, 0.29) is 30.2 Å². The fraction of sp³-hybridized carbons (Fsp3) is 0.526. The van der Waals surface area contributed by atoms with E-state index in [0.29, 0.717) is 18.8 Å². The Morgan fingerprint density at radius 3 is 2.10 bits per heavy atom. The Balaban J connectivity index is 0.000000703. The first-order chi connectivity index (χ1) is 14.3. The van der Waals surface area contributed by atoms with Gasteiger partial charge in [0.1, 0.15) is 11.4 Å². The lowest BCUT2D eigenvalue weighted by Crippen LogP contribution is -2.54. The number of carbonyl (C=O) groups is 1. The maximum atomic E-state index is 12.0. The van der Waals surface area contributed by atoms with Crippen molar-refractivity contribution in [1.29, 1.82) is 0 Å². The minimum absolute atomic E-state index is 0.0145. The number of rotatable bonds is 7. The number of hydrogen-bond acceptors (Lipinski definition) is 9. The number of likely N-dealkylation sites (N-methyl/N-ethyl adjacent to an activating group) is 1. The minimum atomic E-state index is -3.66. The molecule has 0 aliphatic carbocycles. The van der Waals surface area contributed by atoms with Crippen molar-refractivity contribution in [2.45, 2.75) is 40.3 Å². The van der Waals surface area contributed by atoms with Crippen molar-refractivity contribution in [3.8, 4) is 5.75 Å². The SMILES string of the molecule is CCN(CC)C(=O)COc1ccc(N2C(N)=NC(N)=NC2(C)C)cc1.CCS(=O)(=O)O. The van der Waals surface area contributed by atoms with Crippen LogP contribution in [0, 0.1) is 0 Å². The molecule has 0 unspecified atom stereocenters. The molecule has 1 aliphatic heterocycles. The van der Waals surface area contributed by atoms with Crippen LogP contribution in [0.15, 0.2) is 34.3 Å². The summed E-state index contributed by atoms with van der Waals surface area (Å²) >= 11 is 0. The number of benzene rings is 1. The number of anilines is 1. The molecule has 1 heterocycles. The molecule has 1 aliphatic rings. The van der Waals surface area contributed by atoms with E-state index in [1.165, 1.54) is 6.92 Å². The third-order valence-electron chi connectivity index (χ3n) is 4.33. The van der Waals surface area contributed by atoms with Gasteiger partial charge in [0.25, 0.3) is 16.0 Å². The van der Waals surface area contributed by atoms with E-state index in [2.05, 4.69) is 9.98 Å². The van der Waals surface area contributed by atoms with E-state index in [4.69, 9.17) is 20.8 Å². The van der Waals surface area contributed by atoms with Crippen LogP contribution in [0.2, 0.25) is 0 Å².